The molecular formula is C12H14N2S. The van der Waals surface area contributed by atoms with Crippen molar-refractivity contribution in [1.82, 2.24) is 10.3 Å². The van der Waals surface area contributed by atoms with Crippen molar-refractivity contribution in [3.63, 3.8) is 0 Å². The van der Waals surface area contributed by atoms with Crippen LogP contribution in [0.3, 0.4) is 0 Å². The van der Waals surface area contributed by atoms with Crippen LogP contribution in [0.2, 0.25) is 0 Å². The van der Waals surface area contributed by atoms with Gasteiger partial charge in [0.25, 0.3) is 0 Å². The van der Waals surface area contributed by atoms with Crippen LogP contribution in [0.1, 0.15) is 18.0 Å². The molecule has 0 aliphatic heterocycles. The normalized spacial score (nSPS) is 12.9. The van der Waals surface area contributed by atoms with Crippen molar-refractivity contribution in [1.29, 1.82) is 0 Å². The fourth-order valence-electron chi connectivity index (χ4n) is 1.64. The third-order valence-corrected chi connectivity index (χ3v) is 3.33. The molecule has 1 atom stereocenters. The van der Waals surface area contributed by atoms with E-state index in [1.54, 1.807) is 11.3 Å². The van der Waals surface area contributed by atoms with Gasteiger partial charge in [0.15, 0.2) is 0 Å². The summed E-state index contributed by atoms with van der Waals surface area (Å²) in [6, 6.07) is 4.57. The SMILES string of the molecule is C=CCC(NC)c1cnc2ccsc2c1. The predicted octanol–water partition coefficient (Wildman–Crippen LogP) is 3.13. The Morgan fingerprint density at radius 2 is 2.53 bits per heavy atom. The summed E-state index contributed by atoms with van der Waals surface area (Å²) < 4.78 is 1.25. The molecule has 0 bridgehead atoms. The number of hydrogen-bond donors (Lipinski definition) is 1. The van der Waals surface area contributed by atoms with E-state index in [9.17, 15) is 0 Å². The Bertz CT molecular complexity index is 461. The lowest BCUT2D eigenvalue weighted by atomic mass is 10.1. The minimum atomic E-state index is 0.321. The number of rotatable bonds is 4. The number of nitrogens with zero attached hydrogens (tertiary/aromatic N) is 1. The van der Waals surface area contributed by atoms with Crippen LogP contribution in [0.25, 0.3) is 10.2 Å². The van der Waals surface area contributed by atoms with Gasteiger partial charge in [-0.15, -0.1) is 17.9 Å². The van der Waals surface area contributed by atoms with E-state index in [1.165, 1.54) is 10.3 Å². The molecule has 2 aromatic rings. The van der Waals surface area contributed by atoms with Crippen LogP contribution in [0.15, 0.2) is 36.4 Å². The molecule has 2 aromatic heterocycles. The third kappa shape index (κ3) is 2.08. The molecule has 0 radical (unpaired) electrons. The molecule has 0 saturated heterocycles. The van der Waals surface area contributed by atoms with Gasteiger partial charge < -0.3 is 5.32 Å². The van der Waals surface area contributed by atoms with Gasteiger partial charge in [-0.2, -0.15) is 0 Å². The topological polar surface area (TPSA) is 24.9 Å². The first-order valence-electron chi connectivity index (χ1n) is 4.96. The molecule has 0 saturated carbocycles. The fraction of sp³-hybridized carbons (Fsp3) is 0.250. The lowest BCUT2D eigenvalue weighted by Crippen LogP contribution is -2.15. The van der Waals surface area contributed by atoms with E-state index in [0.717, 1.165) is 11.9 Å². The summed E-state index contributed by atoms with van der Waals surface area (Å²) in [7, 11) is 1.97. The number of fused-ring (bicyclic) bond motifs is 1. The number of pyridine rings is 1. The first kappa shape index (κ1) is 10.3. The minimum Gasteiger partial charge on any atom is -0.313 e. The highest BCUT2D eigenvalue weighted by Crippen LogP contribution is 2.24. The highest BCUT2D eigenvalue weighted by atomic mass is 32.1. The van der Waals surface area contributed by atoms with Crippen molar-refractivity contribution in [2.75, 3.05) is 7.05 Å². The average molecular weight is 218 g/mol. The molecule has 78 valence electrons. The highest BCUT2D eigenvalue weighted by molar-refractivity contribution is 7.17. The van der Waals surface area contributed by atoms with Crippen LogP contribution >= 0.6 is 11.3 Å². The summed E-state index contributed by atoms with van der Waals surface area (Å²) in [4.78, 5) is 4.43. The van der Waals surface area contributed by atoms with E-state index in [-0.39, 0.29) is 0 Å². The molecule has 2 nitrogen and oxygen atoms in total. The summed E-state index contributed by atoms with van der Waals surface area (Å²) in [5.41, 5.74) is 2.31. The molecule has 0 aliphatic carbocycles. The first-order valence-corrected chi connectivity index (χ1v) is 5.84. The van der Waals surface area contributed by atoms with E-state index in [1.807, 2.05) is 25.4 Å². The molecule has 2 rings (SSSR count). The predicted molar refractivity (Wildman–Crippen MR) is 66.2 cm³/mol. The van der Waals surface area contributed by atoms with Gasteiger partial charge in [-0.25, -0.2) is 0 Å². The van der Waals surface area contributed by atoms with E-state index >= 15 is 0 Å². The van der Waals surface area contributed by atoms with Gasteiger partial charge in [-0.3, -0.25) is 4.98 Å². The minimum absolute atomic E-state index is 0.321. The lowest BCUT2D eigenvalue weighted by Gasteiger charge is -2.13. The van der Waals surface area contributed by atoms with Crippen LogP contribution in [0, 0.1) is 0 Å². The largest absolute Gasteiger partial charge is 0.313 e. The average Bonchev–Trinajstić information content (AvgIpc) is 2.72. The zero-order valence-corrected chi connectivity index (χ0v) is 9.55. The second kappa shape index (κ2) is 4.55. The molecule has 0 spiro atoms. The zero-order chi connectivity index (χ0) is 10.7. The number of hydrogen-bond acceptors (Lipinski definition) is 3. The summed E-state index contributed by atoms with van der Waals surface area (Å²) >= 11 is 1.73. The maximum absolute atomic E-state index is 4.43. The van der Waals surface area contributed by atoms with Crippen LogP contribution in [-0.2, 0) is 0 Å². The van der Waals surface area contributed by atoms with Gasteiger partial charge >= 0.3 is 0 Å². The van der Waals surface area contributed by atoms with Crippen LogP contribution in [-0.4, -0.2) is 12.0 Å². The molecule has 1 N–H and O–H groups in total. The Labute approximate surface area is 93.7 Å². The Hall–Kier alpha value is -1.19. The van der Waals surface area contributed by atoms with Crippen molar-refractivity contribution >= 4 is 21.6 Å². The molecule has 2 heterocycles. The number of nitrogens with one attached hydrogen (secondary N) is 1. The summed E-state index contributed by atoms with van der Waals surface area (Å²) in [6.45, 7) is 3.77. The van der Waals surface area contributed by atoms with Crippen molar-refractivity contribution in [3.05, 3.63) is 41.9 Å². The molecule has 1 unspecified atom stereocenters. The molecule has 0 amide bonds. The molecule has 0 aliphatic rings. The summed E-state index contributed by atoms with van der Waals surface area (Å²) in [5, 5.41) is 5.34. The van der Waals surface area contributed by atoms with Crippen molar-refractivity contribution < 1.29 is 0 Å². The molecule has 0 aromatic carbocycles. The third-order valence-electron chi connectivity index (χ3n) is 2.48. The van der Waals surface area contributed by atoms with E-state index in [0.29, 0.717) is 6.04 Å². The van der Waals surface area contributed by atoms with Gasteiger partial charge in [0.1, 0.15) is 0 Å². The van der Waals surface area contributed by atoms with Crippen molar-refractivity contribution in [3.8, 4) is 0 Å². The van der Waals surface area contributed by atoms with Crippen molar-refractivity contribution in [2.45, 2.75) is 12.5 Å². The summed E-state index contributed by atoms with van der Waals surface area (Å²) in [6.07, 6.45) is 4.80. The zero-order valence-electron chi connectivity index (χ0n) is 8.73. The monoisotopic (exact) mass is 218 g/mol. The quantitative estimate of drug-likeness (QED) is 0.797. The Balaban J connectivity index is 2.36. The number of aromatic nitrogens is 1. The van der Waals surface area contributed by atoms with Gasteiger partial charge in [0.05, 0.1) is 10.2 Å². The maximum atomic E-state index is 4.43. The first-order chi connectivity index (χ1) is 7.35. The fourth-order valence-corrected chi connectivity index (χ4v) is 2.43. The van der Waals surface area contributed by atoms with Crippen LogP contribution in [0.5, 0.6) is 0 Å². The Kier molecular flexibility index (Phi) is 3.14. The molecule has 3 heteroatoms. The Morgan fingerprint density at radius 1 is 1.67 bits per heavy atom. The highest BCUT2D eigenvalue weighted by Gasteiger charge is 2.08. The second-order valence-electron chi connectivity index (χ2n) is 3.44. The van der Waals surface area contributed by atoms with Gasteiger partial charge in [-0.05, 0) is 36.5 Å². The van der Waals surface area contributed by atoms with E-state index < -0.39 is 0 Å². The van der Waals surface area contributed by atoms with Gasteiger partial charge in [-0.1, -0.05) is 6.08 Å². The van der Waals surface area contributed by atoms with Gasteiger partial charge in [0.2, 0.25) is 0 Å². The Morgan fingerprint density at radius 3 is 3.27 bits per heavy atom. The summed E-state index contributed by atoms with van der Waals surface area (Å²) in [5.74, 6) is 0. The number of thiophene rings is 1. The second-order valence-corrected chi connectivity index (χ2v) is 4.39. The standard InChI is InChI=1S/C12H14N2S/c1-3-4-10(13-2)9-7-12-11(14-8-9)5-6-15-12/h3,5-8,10,13H,1,4H2,2H3. The molecular weight excluding hydrogens is 204 g/mol. The van der Waals surface area contributed by atoms with Crippen LogP contribution < -0.4 is 5.32 Å². The van der Waals surface area contributed by atoms with E-state index in [2.05, 4.69) is 28.3 Å². The lowest BCUT2D eigenvalue weighted by molar-refractivity contribution is 0.602. The van der Waals surface area contributed by atoms with Gasteiger partial charge in [0, 0.05) is 12.2 Å². The van der Waals surface area contributed by atoms with E-state index in [4.69, 9.17) is 0 Å². The molecule has 0 fully saturated rings. The molecule has 15 heavy (non-hydrogen) atoms. The maximum Gasteiger partial charge on any atom is 0.0809 e. The van der Waals surface area contributed by atoms with Crippen LogP contribution in [0.4, 0.5) is 0 Å². The smallest absolute Gasteiger partial charge is 0.0809 e. The van der Waals surface area contributed by atoms with Crippen molar-refractivity contribution in [2.24, 2.45) is 0 Å².